The van der Waals surface area contributed by atoms with Gasteiger partial charge in [-0.25, -0.2) is 0 Å². The number of nitro groups is 1. The minimum Gasteiger partial charge on any atom is -0.321 e. The number of carbonyl (C=O) groups is 1. The Hall–Kier alpha value is -3.09. The zero-order chi connectivity index (χ0) is 21.1. The molecular formula is C17H8Cl2F3N3O3. The Kier molecular flexibility index (Phi) is 6.28. The van der Waals surface area contributed by atoms with Crippen LogP contribution in [0.1, 0.15) is 11.1 Å². The van der Waals surface area contributed by atoms with Crippen molar-refractivity contribution in [2.75, 3.05) is 5.32 Å². The molecule has 0 aromatic heterocycles. The molecule has 2 aromatic rings. The fourth-order valence-electron chi connectivity index (χ4n) is 2.10. The normalized spacial score (nSPS) is 11.6. The average molecular weight is 430 g/mol. The third-order valence-electron chi connectivity index (χ3n) is 3.39. The maximum Gasteiger partial charge on any atom is 0.418 e. The lowest BCUT2D eigenvalue weighted by molar-refractivity contribution is -0.385. The van der Waals surface area contributed by atoms with Crippen molar-refractivity contribution in [3.63, 3.8) is 0 Å². The SMILES string of the molecule is N#CC(=Cc1ccc(Cl)cc1Cl)C(=O)Nc1ccc([N+](=O)[O-])cc1C(F)(F)F. The fourth-order valence-corrected chi connectivity index (χ4v) is 2.56. The highest BCUT2D eigenvalue weighted by molar-refractivity contribution is 6.35. The second-order valence-electron chi connectivity index (χ2n) is 5.27. The molecule has 0 heterocycles. The van der Waals surface area contributed by atoms with E-state index in [4.69, 9.17) is 28.5 Å². The molecule has 144 valence electrons. The quantitative estimate of drug-likeness (QED) is 0.301. The minimum absolute atomic E-state index is 0.124. The van der Waals surface area contributed by atoms with E-state index in [1.54, 1.807) is 6.07 Å². The molecule has 0 bridgehead atoms. The Morgan fingerprint density at radius 3 is 2.43 bits per heavy atom. The number of hydrogen-bond donors (Lipinski definition) is 1. The molecule has 0 aliphatic rings. The highest BCUT2D eigenvalue weighted by atomic mass is 35.5. The summed E-state index contributed by atoms with van der Waals surface area (Å²) in [4.78, 5) is 22.0. The molecule has 0 saturated carbocycles. The summed E-state index contributed by atoms with van der Waals surface area (Å²) in [5.74, 6) is -1.15. The minimum atomic E-state index is -4.97. The number of nitriles is 1. The Morgan fingerprint density at radius 1 is 1.21 bits per heavy atom. The molecule has 1 amide bonds. The fraction of sp³-hybridized carbons (Fsp3) is 0.0588. The van der Waals surface area contributed by atoms with E-state index >= 15 is 0 Å². The summed E-state index contributed by atoms with van der Waals surface area (Å²) in [7, 11) is 0. The van der Waals surface area contributed by atoms with Crippen LogP contribution in [0.25, 0.3) is 6.08 Å². The van der Waals surface area contributed by atoms with Crippen molar-refractivity contribution in [1.82, 2.24) is 0 Å². The lowest BCUT2D eigenvalue weighted by atomic mass is 10.1. The number of non-ortho nitro benzene ring substituents is 1. The third kappa shape index (κ3) is 5.00. The number of nitro benzene ring substituents is 1. The van der Waals surface area contributed by atoms with Gasteiger partial charge in [0.05, 0.1) is 16.2 Å². The van der Waals surface area contributed by atoms with E-state index in [0.29, 0.717) is 11.1 Å². The first-order valence-corrected chi connectivity index (χ1v) is 8.02. The van der Waals surface area contributed by atoms with E-state index in [1.165, 1.54) is 18.2 Å². The van der Waals surface area contributed by atoms with Crippen LogP contribution in [0.2, 0.25) is 10.0 Å². The molecule has 1 N–H and O–H groups in total. The van der Waals surface area contributed by atoms with E-state index in [9.17, 15) is 28.1 Å². The van der Waals surface area contributed by atoms with Crippen LogP contribution in [0.3, 0.4) is 0 Å². The van der Waals surface area contributed by atoms with Gasteiger partial charge < -0.3 is 5.32 Å². The number of anilines is 1. The maximum atomic E-state index is 13.2. The van der Waals surface area contributed by atoms with Gasteiger partial charge >= 0.3 is 6.18 Å². The van der Waals surface area contributed by atoms with Crippen LogP contribution >= 0.6 is 23.2 Å². The van der Waals surface area contributed by atoms with Crippen molar-refractivity contribution in [3.05, 3.63) is 73.3 Å². The third-order valence-corrected chi connectivity index (χ3v) is 3.96. The molecule has 0 fully saturated rings. The van der Waals surface area contributed by atoms with E-state index < -0.39 is 39.5 Å². The topological polar surface area (TPSA) is 96.0 Å². The molecule has 0 aliphatic heterocycles. The largest absolute Gasteiger partial charge is 0.418 e. The maximum absolute atomic E-state index is 13.2. The molecule has 2 aromatic carbocycles. The Bertz CT molecular complexity index is 1030. The summed E-state index contributed by atoms with van der Waals surface area (Å²) < 4.78 is 39.5. The highest BCUT2D eigenvalue weighted by Crippen LogP contribution is 2.37. The molecule has 0 unspecified atom stereocenters. The first-order chi connectivity index (χ1) is 13.0. The molecule has 11 heteroatoms. The Balaban J connectivity index is 2.41. The van der Waals surface area contributed by atoms with Crippen LogP contribution < -0.4 is 5.32 Å². The first-order valence-electron chi connectivity index (χ1n) is 7.26. The number of nitrogens with one attached hydrogen (secondary N) is 1. The summed E-state index contributed by atoms with van der Waals surface area (Å²) in [6, 6.07) is 7.63. The smallest absolute Gasteiger partial charge is 0.321 e. The highest BCUT2D eigenvalue weighted by Gasteiger charge is 2.35. The van der Waals surface area contributed by atoms with Crippen LogP contribution in [-0.4, -0.2) is 10.8 Å². The Labute approximate surface area is 165 Å². The van der Waals surface area contributed by atoms with Crippen LogP contribution in [0, 0.1) is 21.4 Å². The molecule has 0 atom stereocenters. The molecule has 28 heavy (non-hydrogen) atoms. The molecule has 0 saturated heterocycles. The number of nitrogens with zero attached hydrogens (tertiary/aromatic N) is 2. The molecular weight excluding hydrogens is 422 g/mol. The number of amides is 1. The van der Waals surface area contributed by atoms with Gasteiger partial charge in [0.25, 0.3) is 11.6 Å². The van der Waals surface area contributed by atoms with E-state index in [-0.39, 0.29) is 10.6 Å². The lowest BCUT2D eigenvalue weighted by Gasteiger charge is -2.13. The number of alkyl halides is 3. The zero-order valence-corrected chi connectivity index (χ0v) is 15.1. The van der Waals surface area contributed by atoms with Crippen LogP contribution in [-0.2, 0) is 11.0 Å². The number of halogens is 5. The van der Waals surface area contributed by atoms with Gasteiger partial charge in [-0.3, -0.25) is 14.9 Å². The first kappa shape index (κ1) is 21.2. The number of benzene rings is 2. The number of rotatable bonds is 4. The van der Waals surface area contributed by atoms with Crippen molar-refractivity contribution in [3.8, 4) is 6.07 Å². The van der Waals surface area contributed by atoms with Crippen molar-refractivity contribution in [2.24, 2.45) is 0 Å². The molecule has 0 aliphatic carbocycles. The summed E-state index contributed by atoms with van der Waals surface area (Å²) in [5, 5.41) is 22.3. The van der Waals surface area contributed by atoms with Crippen molar-refractivity contribution in [2.45, 2.75) is 6.18 Å². The predicted molar refractivity (Wildman–Crippen MR) is 96.8 cm³/mol. The van der Waals surface area contributed by atoms with Gasteiger partial charge in [-0.1, -0.05) is 29.3 Å². The van der Waals surface area contributed by atoms with Gasteiger partial charge in [-0.05, 0) is 29.8 Å². The van der Waals surface area contributed by atoms with Gasteiger partial charge in [-0.2, -0.15) is 18.4 Å². The summed E-state index contributed by atoms with van der Waals surface area (Å²) in [6.45, 7) is 0. The van der Waals surface area contributed by atoms with Crippen molar-refractivity contribution >= 4 is 46.6 Å². The van der Waals surface area contributed by atoms with Gasteiger partial charge in [0.2, 0.25) is 0 Å². The van der Waals surface area contributed by atoms with Crippen molar-refractivity contribution < 1.29 is 22.9 Å². The second kappa shape index (κ2) is 8.29. The molecule has 0 spiro atoms. The van der Waals surface area contributed by atoms with Crippen LogP contribution in [0.15, 0.2) is 42.0 Å². The van der Waals surface area contributed by atoms with Crippen LogP contribution in [0.5, 0.6) is 0 Å². The standard InChI is InChI=1S/C17H8Cl2F3N3O3/c18-11-2-1-9(14(19)6-11)5-10(8-23)16(26)24-15-4-3-12(25(27)28)7-13(15)17(20,21)22/h1-7H,(H,24,26). The van der Waals surface area contributed by atoms with Crippen molar-refractivity contribution in [1.29, 1.82) is 5.26 Å². The van der Waals surface area contributed by atoms with E-state index in [0.717, 1.165) is 18.2 Å². The summed E-state index contributed by atoms with van der Waals surface area (Å²) in [5.41, 5.74) is -3.23. The zero-order valence-electron chi connectivity index (χ0n) is 13.6. The Morgan fingerprint density at radius 2 is 1.89 bits per heavy atom. The monoisotopic (exact) mass is 429 g/mol. The predicted octanol–water partition coefficient (Wildman–Crippen LogP) is 5.47. The van der Waals surface area contributed by atoms with Gasteiger partial charge in [0.15, 0.2) is 0 Å². The summed E-state index contributed by atoms with van der Waals surface area (Å²) >= 11 is 11.7. The van der Waals surface area contributed by atoms with Gasteiger partial charge in [-0.15, -0.1) is 0 Å². The average Bonchev–Trinajstić information content (AvgIpc) is 2.60. The molecule has 2 rings (SSSR count). The number of hydrogen-bond acceptors (Lipinski definition) is 4. The van der Waals surface area contributed by atoms with Gasteiger partial charge in [0.1, 0.15) is 11.6 Å². The second-order valence-corrected chi connectivity index (χ2v) is 6.12. The molecule has 0 radical (unpaired) electrons. The van der Waals surface area contributed by atoms with E-state index in [2.05, 4.69) is 0 Å². The van der Waals surface area contributed by atoms with Gasteiger partial charge in [0, 0.05) is 22.2 Å². The lowest BCUT2D eigenvalue weighted by Crippen LogP contribution is -2.18. The molecule has 6 nitrogen and oxygen atoms in total. The summed E-state index contributed by atoms with van der Waals surface area (Å²) in [6.07, 6.45) is -3.89. The van der Waals surface area contributed by atoms with E-state index in [1.807, 2.05) is 5.32 Å². The van der Waals surface area contributed by atoms with Crippen LogP contribution in [0.4, 0.5) is 24.5 Å². The number of carbonyl (C=O) groups excluding carboxylic acids is 1.